The SMILES string of the molecule is O=C(CNC(=O)C1c2ccccc2C(=O)N1C1CC1)NCc1ccc(N2CCNC(=O)C2)cc1. The predicted molar refractivity (Wildman–Crippen MR) is 125 cm³/mol. The average molecular weight is 462 g/mol. The van der Waals surface area contributed by atoms with E-state index in [1.807, 2.05) is 35.2 Å². The van der Waals surface area contributed by atoms with Crippen LogP contribution in [0.3, 0.4) is 0 Å². The molecule has 1 saturated carbocycles. The van der Waals surface area contributed by atoms with Gasteiger partial charge < -0.3 is 25.8 Å². The molecular weight excluding hydrogens is 434 g/mol. The van der Waals surface area contributed by atoms with E-state index in [1.165, 1.54) is 0 Å². The van der Waals surface area contributed by atoms with E-state index in [2.05, 4.69) is 16.0 Å². The first kappa shape index (κ1) is 21.9. The van der Waals surface area contributed by atoms with E-state index in [1.54, 1.807) is 23.1 Å². The van der Waals surface area contributed by atoms with Crippen LogP contribution in [0.25, 0.3) is 0 Å². The lowest BCUT2D eigenvalue weighted by molar-refractivity contribution is -0.129. The van der Waals surface area contributed by atoms with E-state index >= 15 is 0 Å². The standard InChI is InChI=1S/C25H27N5O4/c31-21(27-13-16-5-7-17(8-6-16)29-12-11-26-22(32)15-29)14-28-24(33)23-19-3-1-2-4-20(19)25(34)30(23)18-9-10-18/h1-8,18,23H,9-15H2,(H,26,32)(H,27,31)(H,28,33). The largest absolute Gasteiger partial charge is 0.360 e. The molecule has 2 aliphatic heterocycles. The van der Waals surface area contributed by atoms with Gasteiger partial charge in [-0.3, -0.25) is 19.2 Å². The summed E-state index contributed by atoms with van der Waals surface area (Å²) in [7, 11) is 0. The van der Waals surface area contributed by atoms with Gasteiger partial charge in [0, 0.05) is 36.9 Å². The molecular formula is C25H27N5O4. The van der Waals surface area contributed by atoms with E-state index in [0.29, 0.717) is 30.8 Å². The fraction of sp³-hybridized carbons (Fsp3) is 0.360. The predicted octanol–water partition coefficient (Wildman–Crippen LogP) is 0.715. The van der Waals surface area contributed by atoms with Crippen LogP contribution in [0.5, 0.6) is 0 Å². The summed E-state index contributed by atoms with van der Waals surface area (Å²) in [6, 6.07) is 14.3. The molecule has 9 nitrogen and oxygen atoms in total. The van der Waals surface area contributed by atoms with Crippen molar-refractivity contribution in [2.24, 2.45) is 0 Å². The van der Waals surface area contributed by atoms with Crippen molar-refractivity contribution in [2.45, 2.75) is 31.5 Å². The Kier molecular flexibility index (Phi) is 5.91. The van der Waals surface area contributed by atoms with Gasteiger partial charge in [-0.25, -0.2) is 0 Å². The molecule has 0 spiro atoms. The highest BCUT2D eigenvalue weighted by atomic mass is 16.2. The minimum atomic E-state index is -0.687. The molecule has 1 unspecified atom stereocenters. The topological polar surface area (TPSA) is 111 Å². The Morgan fingerprint density at radius 1 is 1.00 bits per heavy atom. The molecule has 2 aromatic carbocycles. The summed E-state index contributed by atoms with van der Waals surface area (Å²) in [6.07, 6.45) is 1.79. The molecule has 176 valence electrons. The van der Waals surface area contributed by atoms with Crippen LogP contribution in [0, 0.1) is 0 Å². The van der Waals surface area contributed by atoms with Crippen LogP contribution in [-0.4, -0.2) is 60.7 Å². The van der Waals surface area contributed by atoms with Gasteiger partial charge in [0.15, 0.2) is 0 Å². The molecule has 1 aliphatic carbocycles. The van der Waals surface area contributed by atoms with Crippen LogP contribution in [0.2, 0.25) is 0 Å². The number of hydrogen-bond donors (Lipinski definition) is 3. The zero-order valence-corrected chi connectivity index (χ0v) is 18.8. The number of nitrogens with zero attached hydrogens (tertiary/aromatic N) is 2. The monoisotopic (exact) mass is 461 g/mol. The molecule has 5 rings (SSSR count). The van der Waals surface area contributed by atoms with Crippen LogP contribution in [0.15, 0.2) is 48.5 Å². The van der Waals surface area contributed by atoms with Crippen molar-refractivity contribution >= 4 is 29.3 Å². The van der Waals surface area contributed by atoms with Gasteiger partial charge in [-0.1, -0.05) is 30.3 Å². The first-order chi connectivity index (χ1) is 16.5. The quantitative estimate of drug-likeness (QED) is 0.563. The summed E-state index contributed by atoms with van der Waals surface area (Å²) < 4.78 is 0. The molecule has 34 heavy (non-hydrogen) atoms. The molecule has 0 radical (unpaired) electrons. The second kappa shape index (κ2) is 9.17. The number of carbonyl (C=O) groups excluding carboxylic acids is 4. The third-order valence-electron chi connectivity index (χ3n) is 6.44. The van der Waals surface area contributed by atoms with Crippen LogP contribution >= 0.6 is 0 Å². The van der Waals surface area contributed by atoms with E-state index in [-0.39, 0.29) is 36.2 Å². The van der Waals surface area contributed by atoms with Crippen LogP contribution in [0.4, 0.5) is 5.69 Å². The summed E-state index contributed by atoms with van der Waals surface area (Å²) in [6.45, 7) is 1.89. The highest BCUT2D eigenvalue weighted by Gasteiger charge is 2.47. The first-order valence-electron chi connectivity index (χ1n) is 11.6. The van der Waals surface area contributed by atoms with Gasteiger partial charge >= 0.3 is 0 Å². The second-order valence-electron chi connectivity index (χ2n) is 8.87. The number of amides is 4. The smallest absolute Gasteiger partial charge is 0.255 e. The minimum absolute atomic E-state index is 0.00958. The van der Waals surface area contributed by atoms with E-state index in [9.17, 15) is 19.2 Å². The molecule has 1 atom stereocenters. The molecule has 4 amide bonds. The van der Waals surface area contributed by atoms with E-state index in [0.717, 1.165) is 30.6 Å². The number of fused-ring (bicyclic) bond motifs is 1. The van der Waals surface area contributed by atoms with Crippen molar-refractivity contribution in [1.82, 2.24) is 20.9 Å². The van der Waals surface area contributed by atoms with Crippen LogP contribution in [0.1, 0.15) is 40.4 Å². The van der Waals surface area contributed by atoms with Gasteiger partial charge in [0.05, 0.1) is 13.1 Å². The van der Waals surface area contributed by atoms with E-state index in [4.69, 9.17) is 0 Å². The van der Waals surface area contributed by atoms with Crippen LogP contribution in [-0.2, 0) is 20.9 Å². The molecule has 3 N–H and O–H groups in total. The normalized spacial score (nSPS) is 19.5. The van der Waals surface area contributed by atoms with Crippen molar-refractivity contribution in [2.75, 3.05) is 31.1 Å². The highest BCUT2D eigenvalue weighted by Crippen LogP contribution is 2.41. The Morgan fingerprint density at radius 3 is 2.50 bits per heavy atom. The van der Waals surface area contributed by atoms with Gasteiger partial charge in [-0.05, 0) is 42.2 Å². The number of carbonyl (C=O) groups is 4. The Morgan fingerprint density at radius 2 is 1.76 bits per heavy atom. The molecule has 3 aliphatic rings. The molecule has 2 heterocycles. The highest BCUT2D eigenvalue weighted by molar-refractivity contribution is 6.05. The van der Waals surface area contributed by atoms with Gasteiger partial charge in [0.25, 0.3) is 5.91 Å². The molecule has 9 heteroatoms. The Balaban J connectivity index is 1.13. The molecule has 2 fully saturated rings. The number of rotatable bonds is 7. The molecule has 2 aromatic rings. The Labute approximate surface area is 197 Å². The fourth-order valence-corrected chi connectivity index (χ4v) is 4.54. The van der Waals surface area contributed by atoms with Crippen LogP contribution < -0.4 is 20.9 Å². The fourth-order valence-electron chi connectivity index (χ4n) is 4.54. The van der Waals surface area contributed by atoms with Gasteiger partial charge in [0.2, 0.25) is 17.7 Å². The zero-order chi connectivity index (χ0) is 23.7. The average Bonchev–Trinajstić information content (AvgIpc) is 3.65. The summed E-state index contributed by atoms with van der Waals surface area (Å²) in [5.41, 5.74) is 3.14. The number of nitrogens with one attached hydrogen (secondary N) is 3. The number of piperazine rings is 1. The summed E-state index contributed by atoms with van der Waals surface area (Å²) in [5.74, 6) is -0.748. The molecule has 0 aromatic heterocycles. The second-order valence-corrected chi connectivity index (χ2v) is 8.87. The summed E-state index contributed by atoms with van der Waals surface area (Å²) in [4.78, 5) is 53.3. The Bertz CT molecular complexity index is 1130. The lowest BCUT2D eigenvalue weighted by atomic mass is 10.0. The summed E-state index contributed by atoms with van der Waals surface area (Å²) in [5, 5.41) is 8.32. The maximum atomic E-state index is 13.0. The van der Waals surface area contributed by atoms with Crippen molar-refractivity contribution in [3.8, 4) is 0 Å². The first-order valence-corrected chi connectivity index (χ1v) is 11.6. The summed E-state index contributed by atoms with van der Waals surface area (Å²) >= 11 is 0. The Hall–Kier alpha value is -3.88. The molecule has 1 saturated heterocycles. The number of hydrogen-bond acceptors (Lipinski definition) is 5. The van der Waals surface area contributed by atoms with Crippen molar-refractivity contribution < 1.29 is 19.2 Å². The third kappa shape index (κ3) is 4.46. The minimum Gasteiger partial charge on any atom is -0.360 e. The van der Waals surface area contributed by atoms with Crippen molar-refractivity contribution in [3.05, 3.63) is 65.2 Å². The maximum Gasteiger partial charge on any atom is 0.255 e. The zero-order valence-electron chi connectivity index (χ0n) is 18.8. The maximum absolute atomic E-state index is 13.0. The van der Waals surface area contributed by atoms with Crippen molar-refractivity contribution in [3.63, 3.8) is 0 Å². The van der Waals surface area contributed by atoms with Gasteiger partial charge in [-0.2, -0.15) is 0 Å². The van der Waals surface area contributed by atoms with E-state index < -0.39 is 6.04 Å². The van der Waals surface area contributed by atoms with Gasteiger partial charge in [-0.15, -0.1) is 0 Å². The third-order valence-corrected chi connectivity index (χ3v) is 6.44. The number of anilines is 1. The van der Waals surface area contributed by atoms with Crippen molar-refractivity contribution in [1.29, 1.82) is 0 Å². The number of benzene rings is 2. The lowest BCUT2D eigenvalue weighted by Crippen LogP contribution is -2.47. The lowest BCUT2D eigenvalue weighted by Gasteiger charge is -2.28. The molecule has 0 bridgehead atoms. The van der Waals surface area contributed by atoms with Gasteiger partial charge in [0.1, 0.15) is 6.04 Å².